The number of aryl methyl sites for hydroxylation is 1. The van der Waals surface area contributed by atoms with E-state index in [9.17, 15) is 19.2 Å². The number of aromatic nitrogens is 2. The summed E-state index contributed by atoms with van der Waals surface area (Å²) in [4.78, 5) is 47.5. The van der Waals surface area contributed by atoms with Crippen molar-refractivity contribution in [3.63, 3.8) is 0 Å². The highest BCUT2D eigenvalue weighted by atomic mass is 16.4. The maximum Gasteiger partial charge on any atom is 0.326 e. The van der Waals surface area contributed by atoms with Crippen molar-refractivity contribution in [2.75, 3.05) is 0 Å². The van der Waals surface area contributed by atoms with Gasteiger partial charge in [-0.3, -0.25) is 19.5 Å². The number of rotatable bonds is 7. The Morgan fingerprint density at radius 3 is 2.44 bits per heavy atom. The molecule has 2 aromatic rings. The van der Waals surface area contributed by atoms with Crippen LogP contribution in [0.5, 0.6) is 0 Å². The second-order valence-electron chi connectivity index (χ2n) is 6.28. The lowest BCUT2D eigenvalue weighted by molar-refractivity contribution is -0.142. The molecule has 0 aliphatic rings. The number of H-pyrrole nitrogens is 1. The van der Waals surface area contributed by atoms with Gasteiger partial charge in [0.15, 0.2) is 0 Å². The van der Waals surface area contributed by atoms with Gasteiger partial charge in [-0.1, -0.05) is 26.0 Å². The highest BCUT2D eigenvalue weighted by Gasteiger charge is 2.21. The first-order valence-electron chi connectivity index (χ1n) is 8.03. The molecular weight excluding hydrogens is 326 g/mol. The summed E-state index contributed by atoms with van der Waals surface area (Å²) in [6.45, 7) is 3.68. The third-order valence-corrected chi connectivity index (χ3v) is 3.79. The first-order chi connectivity index (χ1) is 11.8. The van der Waals surface area contributed by atoms with Crippen LogP contribution in [0.4, 0.5) is 0 Å². The minimum atomic E-state index is -1.10. The van der Waals surface area contributed by atoms with Crippen LogP contribution in [0, 0.1) is 5.92 Å². The van der Waals surface area contributed by atoms with Gasteiger partial charge in [-0.05, 0) is 24.5 Å². The third kappa shape index (κ3) is 4.56. The van der Waals surface area contributed by atoms with E-state index in [1.54, 1.807) is 24.3 Å². The lowest BCUT2D eigenvalue weighted by Crippen LogP contribution is -2.42. The van der Waals surface area contributed by atoms with Crippen molar-refractivity contribution in [1.29, 1.82) is 0 Å². The highest BCUT2D eigenvalue weighted by molar-refractivity contribution is 5.83. The molecule has 0 bridgehead atoms. The number of hydrogen-bond acceptors (Lipinski definition) is 4. The molecule has 0 fully saturated rings. The van der Waals surface area contributed by atoms with E-state index >= 15 is 0 Å². The third-order valence-electron chi connectivity index (χ3n) is 3.79. The van der Waals surface area contributed by atoms with Crippen LogP contribution in [0.1, 0.15) is 26.7 Å². The molecule has 0 saturated carbocycles. The van der Waals surface area contributed by atoms with Crippen molar-refractivity contribution < 1.29 is 14.7 Å². The molecular formula is C17H21N3O5. The van der Waals surface area contributed by atoms with Crippen LogP contribution >= 0.6 is 0 Å². The molecule has 8 heteroatoms. The van der Waals surface area contributed by atoms with Crippen molar-refractivity contribution in [2.45, 2.75) is 39.3 Å². The summed E-state index contributed by atoms with van der Waals surface area (Å²) in [6.07, 6.45) is 0.198. The first-order valence-corrected chi connectivity index (χ1v) is 8.03. The van der Waals surface area contributed by atoms with E-state index in [0.29, 0.717) is 6.42 Å². The Bertz CT molecular complexity index is 897. The van der Waals surface area contributed by atoms with Crippen LogP contribution in [0.15, 0.2) is 33.9 Å². The van der Waals surface area contributed by atoms with Crippen LogP contribution in [0.25, 0.3) is 10.8 Å². The number of benzene rings is 1. The van der Waals surface area contributed by atoms with Crippen LogP contribution in [0.2, 0.25) is 0 Å². The molecule has 3 N–H and O–H groups in total. The molecule has 1 heterocycles. The van der Waals surface area contributed by atoms with E-state index in [2.05, 4.69) is 10.4 Å². The van der Waals surface area contributed by atoms with E-state index in [1.807, 2.05) is 13.8 Å². The Morgan fingerprint density at radius 1 is 1.20 bits per heavy atom. The number of hydrogen-bond donors (Lipinski definition) is 3. The van der Waals surface area contributed by atoms with Gasteiger partial charge in [0.05, 0.1) is 17.3 Å². The number of carboxylic acid groups (broad SMARTS) is 1. The number of fused-ring (bicyclic) bond motifs is 1. The molecule has 0 spiro atoms. The van der Waals surface area contributed by atoms with E-state index in [0.717, 1.165) is 4.68 Å². The van der Waals surface area contributed by atoms with Gasteiger partial charge in [-0.2, -0.15) is 0 Å². The summed E-state index contributed by atoms with van der Waals surface area (Å²) < 4.78 is 1.07. The zero-order valence-corrected chi connectivity index (χ0v) is 14.1. The summed E-state index contributed by atoms with van der Waals surface area (Å²) >= 11 is 0. The van der Waals surface area contributed by atoms with E-state index in [1.165, 1.54) is 0 Å². The fourth-order valence-corrected chi connectivity index (χ4v) is 2.58. The summed E-state index contributed by atoms with van der Waals surface area (Å²) in [5.74, 6) is -1.48. The Labute approximate surface area is 143 Å². The number of carbonyl (C=O) groups is 2. The predicted octanol–water partition coefficient (Wildman–Crippen LogP) is 0.695. The van der Waals surface area contributed by atoms with Gasteiger partial charge in [0.2, 0.25) is 5.91 Å². The number of aliphatic carboxylic acids is 1. The quantitative estimate of drug-likeness (QED) is 0.680. The van der Waals surface area contributed by atoms with Crippen molar-refractivity contribution in [3.05, 3.63) is 45.0 Å². The number of nitrogens with one attached hydrogen (secondary N) is 2. The van der Waals surface area contributed by atoms with Crippen molar-refractivity contribution in [2.24, 2.45) is 5.92 Å². The molecule has 1 aromatic heterocycles. The molecule has 0 radical (unpaired) electrons. The molecule has 25 heavy (non-hydrogen) atoms. The molecule has 1 atom stereocenters. The zero-order chi connectivity index (χ0) is 18.6. The summed E-state index contributed by atoms with van der Waals surface area (Å²) in [6, 6.07) is 5.45. The average Bonchev–Trinajstić information content (AvgIpc) is 2.56. The zero-order valence-electron chi connectivity index (χ0n) is 14.1. The monoisotopic (exact) mass is 347 g/mol. The maximum atomic E-state index is 12.3. The molecule has 0 unspecified atom stereocenters. The van der Waals surface area contributed by atoms with Crippen molar-refractivity contribution in [3.8, 4) is 0 Å². The fraction of sp³-hybridized carbons (Fsp3) is 0.412. The van der Waals surface area contributed by atoms with Crippen LogP contribution in [-0.2, 0) is 16.1 Å². The SMILES string of the molecule is CC(C)C[C@H](NC(=O)CCn1[nH]c(=O)c2ccccc2c1=O)C(=O)O. The number of nitrogens with zero attached hydrogens (tertiary/aromatic N) is 1. The summed E-state index contributed by atoms with van der Waals surface area (Å²) in [5.41, 5.74) is -0.821. The topological polar surface area (TPSA) is 121 Å². The van der Waals surface area contributed by atoms with Crippen LogP contribution in [0.3, 0.4) is 0 Å². The smallest absolute Gasteiger partial charge is 0.326 e. The number of amides is 1. The van der Waals surface area contributed by atoms with Gasteiger partial charge in [-0.15, -0.1) is 0 Å². The predicted molar refractivity (Wildman–Crippen MR) is 92.5 cm³/mol. The number of aromatic amines is 1. The van der Waals surface area contributed by atoms with Gasteiger partial charge in [-0.25, -0.2) is 9.48 Å². The molecule has 8 nitrogen and oxygen atoms in total. The summed E-state index contributed by atoms with van der Waals surface area (Å²) in [5, 5.41) is 14.6. The average molecular weight is 347 g/mol. The minimum absolute atomic E-state index is 0.0429. The second-order valence-corrected chi connectivity index (χ2v) is 6.28. The number of carboxylic acids is 1. The van der Waals surface area contributed by atoms with Crippen molar-refractivity contribution in [1.82, 2.24) is 15.1 Å². The van der Waals surface area contributed by atoms with Crippen LogP contribution in [-0.4, -0.2) is 32.8 Å². The van der Waals surface area contributed by atoms with E-state index < -0.39 is 29.0 Å². The highest BCUT2D eigenvalue weighted by Crippen LogP contribution is 2.06. The number of carbonyl (C=O) groups excluding carboxylic acids is 1. The lowest BCUT2D eigenvalue weighted by Gasteiger charge is -2.16. The van der Waals surface area contributed by atoms with E-state index in [4.69, 9.17) is 5.11 Å². The van der Waals surface area contributed by atoms with Gasteiger partial charge < -0.3 is 10.4 Å². The van der Waals surface area contributed by atoms with Gasteiger partial charge in [0.25, 0.3) is 11.1 Å². The Balaban J connectivity index is 2.11. The van der Waals surface area contributed by atoms with Crippen molar-refractivity contribution >= 4 is 22.6 Å². The first kappa shape index (κ1) is 18.4. The largest absolute Gasteiger partial charge is 0.480 e. The lowest BCUT2D eigenvalue weighted by atomic mass is 10.0. The van der Waals surface area contributed by atoms with Gasteiger partial charge in [0, 0.05) is 6.42 Å². The van der Waals surface area contributed by atoms with Crippen LogP contribution < -0.4 is 16.4 Å². The fourth-order valence-electron chi connectivity index (χ4n) is 2.58. The molecule has 134 valence electrons. The Morgan fingerprint density at radius 2 is 1.84 bits per heavy atom. The van der Waals surface area contributed by atoms with E-state index in [-0.39, 0.29) is 29.7 Å². The molecule has 0 aliphatic carbocycles. The molecule has 0 saturated heterocycles. The Kier molecular flexibility index (Phi) is 5.74. The molecule has 1 amide bonds. The summed E-state index contributed by atoms with van der Waals surface area (Å²) in [7, 11) is 0. The molecule has 1 aromatic carbocycles. The standard InChI is InChI=1S/C17H21N3O5/c1-10(2)9-13(17(24)25)18-14(21)7-8-20-16(23)12-6-4-3-5-11(12)15(22)19-20/h3-6,10,13H,7-9H2,1-2H3,(H,18,21)(H,19,22)(H,24,25)/t13-/m0/s1. The molecule has 0 aliphatic heterocycles. The van der Waals surface area contributed by atoms with Gasteiger partial charge >= 0.3 is 5.97 Å². The molecule has 2 rings (SSSR count). The van der Waals surface area contributed by atoms with Gasteiger partial charge in [0.1, 0.15) is 6.04 Å². The second kappa shape index (κ2) is 7.78. The minimum Gasteiger partial charge on any atom is -0.480 e. The normalized spacial score (nSPS) is 12.3. The Hall–Kier alpha value is -2.90. The maximum absolute atomic E-state index is 12.3.